The van der Waals surface area contributed by atoms with Crippen molar-refractivity contribution in [2.75, 3.05) is 6.26 Å². The predicted molar refractivity (Wildman–Crippen MR) is 82.5 cm³/mol. The number of thioether (sulfide) groups is 1. The Kier molecular flexibility index (Phi) is 5.00. The van der Waals surface area contributed by atoms with Gasteiger partial charge in [0.2, 0.25) is 0 Å². The zero-order chi connectivity index (χ0) is 15.2. The molecule has 2 aromatic carbocycles. The van der Waals surface area contributed by atoms with Gasteiger partial charge < -0.3 is 10.4 Å². The van der Waals surface area contributed by atoms with Crippen LogP contribution in [0.3, 0.4) is 0 Å². The Morgan fingerprint density at radius 1 is 1.10 bits per heavy atom. The third-order valence-electron chi connectivity index (χ3n) is 2.99. The number of nitrogens with one attached hydrogen (secondary N) is 1. The summed E-state index contributed by atoms with van der Waals surface area (Å²) in [6, 6.07) is 14.7. The molecular weight excluding hydrogens is 286 g/mol. The molecule has 1 unspecified atom stereocenters. The van der Waals surface area contributed by atoms with Crippen molar-refractivity contribution in [2.24, 2.45) is 0 Å². The van der Waals surface area contributed by atoms with Crippen molar-refractivity contribution in [1.29, 1.82) is 0 Å². The summed E-state index contributed by atoms with van der Waals surface area (Å²) in [7, 11) is 0. The summed E-state index contributed by atoms with van der Waals surface area (Å²) in [5.74, 6) is -1.49. The van der Waals surface area contributed by atoms with E-state index in [9.17, 15) is 14.7 Å². The Balaban J connectivity index is 2.21. The summed E-state index contributed by atoms with van der Waals surface area (Å²) >= 11 is 1.53. The number of aliphatic carboxylic acids is 1. The molecule has 2 aromatic rings. The van der Waals surface area contributed by atoms with Crippen molar-refractivity contribution in [3.05, 3.63) is 65.7 Å². The highest BCUT2D eigenvalue weighted by atomic mass is 32.2. The van der Waals surface area contributed by atoms with Gasteiger partial charge in [0.1, 0.15) is 0 Å². The normalized spacial score (nSPS) is 11.7. The molecule has 0 saturated carbocycles. The average Bonchev–Trinajstić information content (AvgIpc) is 2.53. The molecule has 2 rings (SSSR count). The summed E-state index contributed by atoms with van der Waals surface area (Å²) in [5, 5.41) is 11.9. The van der Waals surface area contributed by atoms with Gasteiger partial charge in [-0.1, -0.05) is 36.4 Å². The van der Waals surface area contributed by atoms with Crippen molar-refractivity contribution in [3.63, 3.8) is 0 Å². The first-order valence-corrected chi connectivity index (χ1v) is 7.57. The minimum absolute atomic E-state index is 0.401. The molecule has 21 heavy (non-hydrogen) atoms. The van der Waals surface area contributed by atoms with Crippen LogP contribution in [0.2, 0.25) is 0 Å². The van der Waals surface area contributed by atoms with E-state index in [-0.39, 0.29) is 0 Å². The zero-order valence-electron chi connectivity index (χ0n) is 11.4. The fourth-order valence-corrected chi connectivity index (χ4v) is 2.37. The largest absolute Gasteiger partial charge is 0.479 e. The molecule has 2 N–H and O–H groups in total. The second-order valence-electron chi connectivity index (χ2n) is 4.39. The molecule has 0 aliphatic carbocycles. The standard InChI is InChI=1S/C16H15NO3S/c1-21-13-9-5-8-12(10-13)15(18)17-14(16(19)20)11-6-3-2-4-7-11/h2-10,14H,1H3,(H,17,18)(H,19,20). The van der Waals surface area contributed by atoms with Crippen LogP contribution in [0.1, 0.15) is 22.0 Å². The van der Waals surface area contributed by atoms with Crippen LogP contribution in [0.5, 0.6) is 0 Å². The maximum absolute atomic E-state index is 12.2. The number of benzene rings is 2. The maximum Gasteiger partial charge on any atom is 0.330 e. The smallest absolute Gasteiger partial charge is 0.330 e. The Morgan fingerprint density at radius 2 is 1.81 bits per heavy atom. The Morgan fingerprint density at radius 3 is 2.43 bits per heavy atom. The van der Waals surface area contributed by atoms with Gasteiger partial charge in [-0.3, -0.25) is 4.79 Å². The fourth-order valence-electron chi connectivity index (χ4n) is 1.91. The highest BCUT2D eigenvalue weighted by molar-refractivity contribution is 7.98. The fraction of sp³-hybridized carbons (Fsp3) is 0.125. The van der Waals surface area contributed by atoms with Crippen LogP contribution in [-0.4, -0.2) is 23.2 Å². The van der Waals surface area contributed by atoms with Crippen LogP contribution in [0.15, 0.2) is 59.5 Å². The first-order valence-electron chi connectivity index (χ1n) is 6.34. The van der Waals surface area contributed by atoms with E-state index in [0.717, 1.165) is 4.90 Å². The lowest BCUT2D eigenvalue weighted by Crippen LogP contribution is -2.33. The van der Waals surface area contributed by atoms with Crippen LogP contribution in [0, 0.1) is 0 Å². The van der Waals surface area contributed by atoms with Crippen LogP contribution in [0.4, 0.5) is 0 Å². The number of hydrogen-bond acceptors (Lipinski definition) is 3. The van der Waals surface area contributed by atoms with Gasteiger partial charge in [-0.15, -0.1) is 11.8 Å². The molecule has 1 atom stereocenters. The molecule has 0 aromatic heterocycles. The van der Waals surface area contributed by atoms with Crippen molar-refractivity contribution >= 4 is 23.6 Å². The lowest BCUT2D eigenvalue weighted by Gasteiger charge is -2.15. The third-order valence-corrected chi connectivity index (χ3v) is 3.71. The molecule has 0 radical (unpaired) electrons. The summed E-state index contributed by atoms with van der Waals surface area (Å²) in [6.45, 7) is 0. The topological polar surface area (TPSA) is 66.4 Å². The number of amides is 1. The predicted octanol–water partition coefficient (Wildman–Crippen LogP) is 2.96. The van der Waals surface area contributed by atoms with Gasteiger partial charge in [-0.25, -0.2) is 4.79 Å². The zero-order valence-corrected chi connectivity index (χ0v) is 12.3. The summed E-state index contributed by atoms with van der Waals surface area (Å²) in [5.41, 5.74) is 0.989. The first kappa shape index (κ1) is 15.1. The summed E-state index contributed by atoms with van der Waals surface area (Å²) < 4.78 is 0. The van der Waals surface area contributed by atoms with E-state index in [0.29, 0.717) is 11.1 Å². The lowest BCUT2D eigenvalue weighted by atomic mass is 10.1. The molecular formula is C16H15NO3S. The number of rotatable bonds is 5. The summed E-state index contributed by atoms with van der Waals surface area (Å²) in [6.07, 6.45) is 1.92. The number of carboxylic acid groups (broad SMARTS) is 1. The molecule has 4 nitrogen and oxygen atoms in total. The van der Waals surface area contributed by atoms with Gasteiger partial charge in [0, 0.05) is 10.5 Å². The Bertz CT molecular complexity index is 643. The van der Waals surface area contributed by atoms with Crippen molar-refractivity contribution in [3.8, 4) is 0 Å². The van der Waals surface area contributed by atoms with Gasteiger partial charge in [0.15, 0.2) is 6.04 Å². The number of carbonyl (C=O) groups is 2. The Hall–Kier alpha value is -2.27. The van der Waals surface area contributed by atoms with Crippen LogP contribution in [-0.2, 0) is 4.79 Å². The molecule has 0 spiro atoms. The van der Waals surface area contributed by atoms with E-state index in [2.05, 4.69) is 5.32 Å². The molecule has 0 aliphatic heterocycles. The second-order valence-corrected chi connectivity index (χ2v) is 5.27. The highest BCUT2D eigenvalue weighted by Crippen LogP contribution is 2.18. The van der Waals surface area contributed by atoms with Crippen molar-refractivity contribution in [2.45, 2.75) is 10.9 Å². The van der Waals surface area contributed by atoms with Gasteiger partial charge in [-0.2, -0.15) is 0 Å². The minimum atomic E-state index is -1.09. The van der Waals surface area contributed by atoms with Crippen molar-refractivity contribution in [1.82, 2.24) is 5.32 Å². The van der Waals surface area contributed by atoms with Crippen LogP contribution >= 0.6 is 11.8 Å². The minimum Gasteiger partial charge on any atom is -0.479 e. The van der Waals surface area contributed by atoms with Gasteiger partial charge in [0.25, 0.3) is 5.91 Å². The van der Waals surface area contributed by atoms with Crippen LogP contribution < -0.4 is 5.32 Å². The molecule has 0 bridgehead atoms. The Labute approximate surface area is 127 Å². The third kappa shape index (κ3) is 3.86. The van der Waals surface area contributed by atoms with E-state index < -0.39 is 17.9 Å². The van der Waals surface area contributed by atoms with E-state index in [4.69, 9.17) is 0 Å². The van der Waals surface area contributed by atoms with Gasteiger partial charge >= 0.3 is 5.97 Å². The van der Waals surface area contributed by atoms with E-state index in [1.807, 2.05) is 12.3 Å². The molecule has 5 heteroatoms. The highest BCUT2D eigenvalue weighted by Gasteiger charge is 2.22. The molecule has 0 saturated heterocycles. The molecule has 0 fully saturated rings. The number of hydrogen-bond donors (Lipinski definition) is 2. The second kappa shape index (κ2) is 6.95. The molecule has 1 amide bonds. The van der Waals surface area contributed by atoms with Crippen LogP contribution in [0.25, 0.3) is 0 Å². The number of carbonyl (C=O) groups excluding carboxylic acids is 1. The van der Waals surface area contributed by atoms with E-state index >= 15 is 0 Å². The van der Waals surface area contributed by atoms with E-state index in [1.54, 1.807) is 48.5 Å². The quantitative estimate of drug-likeness (QED) is 0.833. The summed E-state index contributed by atoms with van der Waals surface area (Å²) in [4.78, 5) is 24.5. The average molecular weight is 301 g/mol. The molecule has 0 heterocycles. The maximum atomic E-state index is 12.2. The SMILES string of the molecule is CSc1cccc(C(=O)NC(C(=O)O)c2ccccc2)c1. The number of carboxylic acids is 1. The lowest BCUT2D eigenvalue weighted by molar-refractivity contribution is -0.139. The van der Waals surface area contributed by atoms with Gasteiger partial charge in [0.05, 0.1) is 0 Å². The van der Waals surface area contributed by atoms with Crippen molar-refractivity contribution < 1.29 is 14.7 Å². The first-order chi connectivity index (χ1) is 10.1. The molecule has 0 aliphatic rings. The molecule has 108 valence electrons. The van der Waals surface area contributed by atoms with Gasteiger partial charge in [-0.05, 0) is 30.0 Å². The monoisotopic (exact) mass is 301 g/mol. The van der Waals surface area contributed by atoms with E-state index in [1.165, 1.54) is 11.8 Å².